The lowest BCUT2D eigenvalue weighted by Gasteiger charge is -2.10. The Balaban J connectivity index is 1.79. The van der Waals surface area contributed by atoms with Gasteiger partial charge in [-0.25, -0.2) is 4.98 Å². The highest BCUT2D eigenvalue weighted by Gasteiger charge is 2.30. The van der Waals surface area contributed by atoms with Crippen molar-refractivity contribution in [2.45, 2.75) is 6.18 Å². The van der Waals surface area contributed by atoms with Crippen molar-refractivity contribution in [1.82, 2.24) is 10.3 Å². The number of carbonyl (C=O) groups is 1. The number of halogens is 3. The molecule has 0 radical (unpaired) electrons. The first-order chi connectivity index (χ1) is 14.3. The third-order valence-corrected chi connectivity index (χ3v) is 3.79. The largest absolute Gasteiger partial charge is 0.493 e. The first kappa shape index (κ1) is 22.8. The number of alkyl halides is 3. The molecule has 0 saturated heterocycles. The van der Waals surface area contributed by atoms with Crippen molar-refractivity contribution in [1.29, 1.82) is 0 Å². The van der Waals surface area contributed by atoms with E-state index in [1.807, 2.05) is 0 Å². The van der Waals surface area contributed by atoms with E-state index >= 15 is 0 Å². The van der Waals surface area contributed by atoms with Gasteiger partial charge in [-0.05, 0) is 35.9 Å². The van der Waals surface area contributed by atoms with E-state index in [0.29, 0.717) is 30.5 Å². The number of pyridine rings is 1. The first-order valence-electron chi connectivity index (χ1n) is 8.98. The fourth-order valence-corrected chi connectivity index (χ4v) is 2.33. The summed E-state index contributed by atoms with van der Waals surface area (Å²) in [6.07, 6.45) is 0.954. The lowest BCUT2D eigenvalue weighted by molar-refractivity contribution is -0.137. The number of amides is 1. The van der Waals surface area contributed by atoms with Gasteiger partial charge in [0.05, 0.1) is 12.7 Å². The zero-order chi connectivity index (χ0) is 22.0. The molecule has 0 atom stereocenters. The highest BCUT2D eigenvalue weighted by atomic mass is 19.4. The normalized spacial score (nSPS) is 11.2. The minimum Gasteiger partial charge on any atom is -0.493 e. The van der Waals surface area contributed by atoms with Gasteiger partial charge in [0.2, 0.25) is 5.91 Å². The summed E-state index contributed by atoms with van der Waals surface area (Å²) < 4.78 is 48.2. The Kier molecular flexibility index (Phi) is 8.28. The maximum absolute atomic E-state index is 12.5. The minimum atomic E-state index is -4.42. The Morgan fingerprint density at radius 3 is 2.63 bits per heavy atom. The summed E-state index contributed by atoms with van der Waals surface area (Å²) in [5, 5.41) is 5.50. The third kappa shape index (κ3) is 7.16. The minimum absolute atomic E-state index is 0.267. The number of ether oxygens (including phenoxy) is 2. The zero-order valence-corrected chi connectivity index (χ0v) is 16.3. The predicted octanol–water partition coefficient (Wildman–Crippen LogP) is 3.92. The Morgan fingerprint density at radius 2 is 2.00 bits per heavy atom. The summed E-state index contributed by atoms with van der Waals surface area (Å²) in [6, 6.07) is 7.43. The molecule has 2 aromatic rings. The summed E-state index contributed by atoms with van der Waals surface area (Å²) in [5.41, 5.74) is -0.0662. The van der Waals surface area contributed by atoms with Crippen molar-refractivity contribution in [2.75, 3.05) is 32.1 Å². The third-order valence-electron chi connectivity index (χ3n) is 3.79. The van der Waals surface area contributed by atoms with E-state index in [9.17, 15) is 18.0 Å². The number of hydrogen-bond donors (Lipinski definition) is 2. The van der Waals surface area contributed by atoms with Crippen LogP contribution in [-0.2, 0) is 11.0 Å². The van der Waals surface area contributed by atoms with Crippen LogP contribution in [0.5, 0.6) is 11.5 Å². The van der Waals surface area contributed by atoms with Gasteiger partial charge in [0.1, 0.15) is 12.4 Å². The average molecular weight is 421 g/mol. The van der Waals surface area contributed by atoms with Crippen LogP contribution in [0.3, 0.4) is 0 Å². The van der Waals surface area contributed by atoms with Gasteiger partial charge in [-0.2, -0.15) is 13.2 Å². The van der Waals surface area contributed by atoms with E-state index in [1.54, 1.807) is 30.4 Å². The van der Waals surface area contributed by atoms with Crippen LogP contribution in [-0.4, -0.2) is 37.7 Å². The van der Waals surface area contributed by atoms with Crippen molar-refractivity contribution in [3.05, 3.63) is 66.4 Å². The lowest BCUT2D eigenvalue weighted by atomic mass is 10.2. The molecular formula is C21H22F3N3O3. The van der Waals surface area contributed by atoms with E-state index in [0.717, 1.165) is 17.8 Å². The SMILES string of the molecule is C=CCOc1ccc(/C=C/C(=O)NCCNc2ccc(C(F)(F)F)cn2)cc1OC. The molecular weight excluding hydrogens is 399 g/mol. The molecule has 9 heteroatoms. The Labute approximate surface area is 172 Å². The first-order valence-corrected chi connectivity index (χ1v) is 8.98. The molecule has 0 unspecified atom stereocenters. The number of aromatic nitrogens is 1. The van der Waals surface area contributed by atoms with Crippen molar-refractivity contribution in [3.63, 3.8) is 0 Å². The Hall–Kier alpha value is -3.49. The summed E-state index contributed by atoms with van der Waals surface area (Å²) in [6.45, 7) is 4.51. The number of carbonyl (C=O) groups excluding carboxylic acids is 1. The molecule has 1 heterocycles. The number of hydrogen-bond acceptors (Lipinski definition) is 5. The highest BCUT2D eigenvalue weighted by Crippen LogP contribution is 2.29. The van der Waals surface area contributed by atoms with Crippen LogP contribution in [0.15, 0.2) is 55.3 Å². The van der Waals surface area contributed by atoms with Gasteiger partial charge in [-0.3, -0.25) is 4.79 Å². The fraction of sp³-hybridized carbons (Fsp3) is 0.238. The van der Waals surface area contributed by atoms with E-state index in [2.05, 4.69) is 22.2 Å². The molecule has 1 aromatic carbocycles. The molecule has 2 N–H and O–H groups in total. The summed E-state index contributed by atoms with van der Waals surface area (Å²) >= 11 is 0. The topological polar surface area (TPSA) is 72.5 Å². The van der Waals surface area contributed by atoms with Gasteiger partial charge >= 0.3 is 6.18 Å². The number of benzene rings is 1. The highest BCUT2D eigenvalue weighted by molar-refractivity contribution is 5.91. The van der Waals surface area contributed by atoms with Crippen LogP contribution in [0.25, 0.3) is 6.08 Å². The number of anilines is 1. The van der Waals surface area contributed by atoms with E-state index in [4.69, 9.17) is 9.47 Å². The number of nitrogens with zero attached hydrogens (tertiary/aromatic N) is 1. The van der Waals surface area contributed by atoms with Gasteiger partial charge in [-0.1, -0.05) is 18.7 Å². The molecule has 0 fully saturated rings. The number of nitrogens with one attached hydrogen (secondary N) is 2. The van der Waals surface area contributed by atoms with Gasteiger partial charge in [0.15, 0.2) is 11.5 Å². The molecule has 0 bridgehead atoms. The van der Waals surface area contributed by atoms with E-state index in [-0.39, 0.29) is 12.5 Å². The number of methoxy groups -OCH3 is 1. The predicted molar refractivity (Wildman–Crippen MR) is 108 cm³/mol. The Bertz CT molecular complexity index is 881. The van der Waals surface area contributed by atoms with Crippen LogP contribution in [0.2, 0.25) is 0 Å². The van der Waals surface area contributed by atoms with Crippen LogP contribution < -0.4 is 20.1 Å². The standard InChI is InChI=1S/C21H22F3N3O3/c1-3-12-30-17-7-4-15(13-18(17)29-2)5-9-20(28)26-11-10-25-19-8-6-16(14-27-19)21(22,23)24/h3-9,13-14H,1,10-12H2,2H3,(H,25,27)(H,26,28)/b9-5+. The van der Waals surface area contributed by atoms with E-state index in [1.165, 1.54) is 19.3 Å². The van der Waals surface area contributed by atoms with Gasteiger partial charge in [0, 0.05) is 25.4 Å². The van der Waals surface area contributed by atoms with Gasteiger partial charge < -0.3 is 20.1 Å². The molecule has 0 saturated carbocycles. The number of rotatable bonds is 10. The monoisotopic (exact) mass is 421 g/mol. The maximum atomic E-state index is 12.5. The van der Waals surface area contributed by atoms with E-state index < -0.39 is 11.7 Å². The molecule has 0 aliphatic carbocycles. The molecule has 30 heavy (non-hydrogen) atoms. The fourth-order valence-electron chi connectivity index (χ4n) is 2.33. The smallest absolute Gasteiger partial charge is 0.417 e. The molecule has 0 aliphatic heterocycles. The molecule has 1 amide bonds. The average Bonchev–Trinajstić information content (AvgIpc) is 2.73. The summed E-state index contributed by atoms with van der Waals surface area (Å²) in [7, 11) is 1.52. The lowest BCUT2D eigenvalue weighted by Crippen LogP contribution is -2.27. The second-order valence-electron chi connectivity index (χ2n) is 5.99. The molecule has 2 rings (SSSR count). The second kappa shape index (κ2) is 10.9. The summed E-state index contributed by atoms with van der Waals surface area (Å²) in [5.74, 6) is 1.08. The Morgan fingerprint density at radius 1 is 1.20 bits per heavy atom. The maximum Gasteiger partial charge on any atom is 0.417 e. The van der Waals surface area contributed by atoms with Crippen molar-refractivity contribution in [3.8, 4) is 11.5 Å². The van der Waals surface area contributed by atoms with Crippen molar-refractivity contribution in [2.24, 2.45) is 0 Å². The molecule has 0 aliphatic rings. The van der Waals surface area contributed by atoms with Crippen molar-refractivity contribution < 1.29 is 27.4 Å². The second-order valence-corrected chi connectivity index (χ2v) is 5.99. The molecule has 6 nitrogen and oxygen atoms in total. The van der Waals surface area contributed by atoms with Gasteiger partial charge in [0.25, 0.3) is 0 Å². The zero-order valence-electron chi connectivity index (χ0n) is 16.3. The van der Waals surface area contributed by atoms with Crippen molar-refractivity contribution >= 4 is 17.8 Å². The van der Waals surface area contributed by atoms with Crippen LogP contribution in [0.4, 0.5) is 19.0 Å². The van der Waals surface area contributed by atoms with Crippen LogP contribution in [0, 0.1) is 0 Å². The molecule has 0 spiro atoms. The quantitative estimate of drug-likeness (QED) is 0.346. The van der Waals surface area contributed by atoms with Gasteiger partial charge in [-0.15, -0.1) is 0 Å². The summed E-state index contributed by atoms with van der Waals surface area (Å²) in [4.78, 5) is 15.6. The van der Waals surface area contributed by atoms with Crippen LogP contribution in [0.1, 0.15) is 11.1 Å². The molecule has 160 valence electrons. The molecule has 1 aromatic heterocycles. The van der Waals surface area contributed by atoms with Crippen LogP contribution >= 0.6 is 0 Å².